The number of carbonyl (C=O) groups is 1. The van der Waals surface area contributed by atoms with Crippen molar-refractivity contribution in [1.29, 1.82) is 0 Å². The fraction of sp³-hybridized carbons (Fsp3) is 0.375. The van der Waals surface area contributed by atoms with Crippen molar-refractivity contribution in [3.63, 3.8) is 0 Å². The SMILES string of the molecule is CCC1=CC(C2C=CC(F)=CC2F)=C(C(C)=O)CN=C1. The first-order valence-electron chi connectivity index (χ1n) is 6.67. The third-order valence-corrected chi connectivity index (χ3v) is 3.51. The molecule has 1 heterocycles. The first-order valence-corrected chi connectivity index (χ1v) is 6.67. The molecule has 1 aliphatic heterocycles. The normalized spacial score (nSPS) is 26.2. The maximum atomic E-state index is 14.1. The van der Waals surface area contributed by atoms with Crippen LogP contribution >= 0.6 is 0 Å². The average Bonchev–Trinajstić information content (AvgIpc) is 2.61. The highest BCUT2D eigenvalue weighted by molar-refractivity contribution is 5.96. The molecule has 0 amide bonds. The van der Waals surface area contributed by atoms with Crippen molar-refractivity contribution in [1.82, 2.24) is 0 Å². The molecule has 0 spiro atoms. The summed E-state index contributed by atoms with van der Waals surface area (Å²) in [6.07, 6.45) is 6.48. The number of nitrogens with zero attached hydrogens (tertiary/aromatic N) is 1. The maximum Gasteiger partial charge on any atom is 0.157 e. The Morgan fingerprint density at radius 2 is 2.25 bits per heavy atom. The summed E-state index contributed by atoms with van der Waals surface area (Å²) < 4.78 is 27.2. The highest BCUT2D eigenvalue weighted by Crippen LogP contribution is 2.31. The second-order valence-electron chi connectivity index (χ2n) is 4.91. The number of Topliss-reactive ketones (excluding diaryl/α,β-unsaturated/α-hetero) is 1. The van der Waals surface area contributed by atoms with Gasteiger partial charge in [-0.25, -0.2) is 8.78 Å². The number of hydrogen-bond acceptors (Lipinski definition) is 2. The molecule has 20 heavy (non-hydrogen) atoms. The van der Waals surface area contributed by atoms with Gasteiger partial charge in [0.2, 0.25) is 0 Å². The molecule has 2 aliphatic rings. The Balaban J connectivity index is 2.48. The molecule has 2 rings (SSSR count). The molecule has 2 unspecified atom stereocenters. The molecular formula is C16H17F2NO. The minimum absolute atomic E-state index is 0.124. The summed E-state index contributed by atoms with van der Waals surface area (Å²) in [5, 5.41) is 0. The number of ketones is 1. The molecule has 0 aromatic heterocycles. The van der Waals surface area contributed by atoms with Gasteiger partial charge in [-0.3, -0.25) is 9.79 Å². The number of allylic oxidation sites excluding steroid dienone is 7. The second-order valence-corrected chi connectivity index (χ2v) is 4.91. The summed E-state index contributed by atoms with van der Waals surface area (Å²) in [5.74, 6) is -1.33. The van der Waals surface area contributed by atoms with E-state index < -0.39 is 17.9 Å². The first kappa shape index (κ1) is 14.6. The minimum Gasteiger partial charge on any atom is -0.295 e. The van der Waals surface area contributed by atoms with Crippen LogP contribution in [0, 0.1) is 5.92 Å². The molecule has 2 nitrogen and oxygen atoms in total. The molecule has 106 valence electrons. The zero-order valence-electron chi connectivity index (χ0n) is 11.6. The molecule has 0 aromatic carbocycles. The molecule has 0 saturated carbocycles. The number of aliphatic imine (C=N–C) groups is 1. The van der Waals surface area contributed by atoms with Crippen LogP contribution in [0.25, 0.3) is 0 Å². The van der Waals surface area contributed by atoms with E-state index in [0.717, 1.165) is 18.1 Å². The Morgan fingerprint density at radius 1 is 1.50 bits per heavy atom. The number of alkyl halides is 1. The number of hydrogen-bond donors (Lipinski definition) is 0. The van der Waals surface area contributed by atoms with Crippen molar-refractivity contribution in [3.8, 4) is 0 Å². The Bertz CT molecular complexity index is 567. The summed E-state index contributed by atoms with van der Waals surface area (Å²) in [6.45, 7) is 3.66. The van der Waals surface area contributed by atoms with E-state index in [4.69, 9.17) is 0 Å². The standard InChI is InChI=1S/C16H17F2NO/c1-3-11-6-14(15(10(2)20)9-19-8-11)13-5-4-12(17)7-16(13)18/h4-8,13,16H,3,9H2,1-2H3. The Morgan fingerprint density at radius 3 is 2.85 bits per heavy atom. The maximum absolute atomic E-state index is 14.1. The van der Waals surface area contributed by atoms with Gasteiger partial charge in [-0.15, -0.1) is 0 Å². The number of carbonyl (C=O) groups excluding carboxylic acids is 1. The molecule has 0 aromatic rings. The van der Waals surface area contributed by atoms with E-state index in [0.29, 0.717) is 11.1 Å². The molecule has 4 heteroatoms. The fourth-order valence-corrected chi connectivity index (χ4v) is 2.36. The van der Waals surface area contributed by atoms with Gasteiger partial charge in [0, 0.05) is 17.7 Å². The van der Waals surface area contributed by atoms with Crippen molar-refractivity contribution >= 4 is 12.0 Å². The molecule has 0 bridgehead atoms. The van der Waals surface area contributed by atoms with E-state index in [1.165, 1.54) is 19.1 Å². The van der Waals surface area contributed by atoms with Crippen LogP contribution in [-0.2, 0) is 4.79 Å². The van der Waals surface area contributed by atoms with Crippen LogP contribution in [0.15, 0.2) is 51.8 Å². The molecule has 0 saturated heterocycles. The third-order valence-electron chi connectivity index (χ3n) is 3.51. The van der Waals surface area contributed by atoms with Crippen molar-refractivity contribution in [3.05, 3.63) is 46.9 Å². The molecule has 0 fully saturated rings. The lowest BCUT2D eigenvalue weighted by molar-refractivity contribution is -0.113. The van der Waals surface area contributed by atoms with Gasteiger partial charge in [0.1, 0.15) is 12.0 Å². The Hall–Kier alpha value is -1.84. The first-order chi connectivity index (χ1) is 9.52. The van der Waals surface area contributed by atoms with Gasteiger partial charge < -0.3 is 0 Å². The van der Waals surface area contributed by atoms with Crippen LogP contribution in [0.3, 0.4) is 0 Å². The highest BCUT2D eigenvalue weighted by Gasteiger charge is 2.27. The zero-order chi connectivity index (χ0) is 14.7. The van der Waals surface area contributed by atoms with Crippen molar-refractivity contribution in [2.75, 3.05) is 6.54 Å². The topological polar surface area (TPSA) is 29.4 Å². The predicted molar refractivity (Wildman–Crippen MR) is 76.2 cm³/mol. The third kappa shape index (κ3) is 3.00. The van der Waals surface area contributed by atoms with Gasteiger partial charge in [0.25, 0.3) is 0 Å². The van der Waals surface area contributed by atoms with Crippen LogP contribution in [0.1, 0.15) is 20.3 Å². The van der Waals surface area contributed by atoms with Crippen molar-refractivity contribution in [2.24, 2.45) is 10.9 Å². The monoisotopic (exact) mass is 277 g/mol. The van der Waals surface area contributed by atoms with Crippen LogP contribution in [0.4, 0.5) is 8.78 Å². The smallest absolute Gasteiger partial charge is 0.157 e. The van der Waals surface area contributed by atoms with E-state index in [2.05, 4.69) is 4.99 Å². The quantitative estimate of drug-likeness (QED) is 0.774. The van der Waals surface area contributed by atoms with E-state index in [1.807, 2.05) is 13.0 Å². The average molecular weight is 277 g/mol. The van der Waals surface area contributed by atoms with Crippen LogP contribution in [0.5, 0.6) is 0 Å². The van der Waals surface area contributed by atoms with E-state index in [1.54, 1.807) is 6.21 Å². The molecular weight excluding hydrogens is 260 g/mol. The summed E-state index contributed by atoms with van der Waals surface area (Å²) in [7, 11) is 0. The summed E-state index contributed by atoms with van der Waals surface area (Å²) >= 11 is 0. The lowest BCUT2D eigenvalue weighted by Gasteiger charge is -2.21. The van der Waals surface area contributed by atoms with Gasteiger partial charge in [0.05, 0.1) is 6.54 Å². The van der Waals surface area contributed by atoms with Gasteiger partial charge in [-0.2, -0.15) is 0 Å². The fourth-order valence-electron chi connectivity index (χ4n) is 2.36. The van der Waals surface area contributed by atoms with E-state index in [9.17, 15) is 13.6 Å². The largest absolute Gasteiger partial charge is 0.295 e. The van der Waals surface area contributed by atoms with Gasteiger partial charge in [-0.1, -0.05) is 19.1 Å². The number of rotatable bonds is 3. The Labute approximate surface area is 117 Å². The van der Waals surface area contributed by atoms with Crippen LogP contribution < -0.4 is 0 Å². The Kier molecular flexibility index (Phi) is 4.42. The molecule has 2 atom stereocenters. The number of halogens is 2. The van der Waals surface area contributed by atoms with Crippen LogP contribution in [0.2, 0.25) is 0 Å². The minimum atomic E-state index is -1.46. The lowest BCUT2D eigenvalue weighted by Crippen LogP contribution is -2.20. The summed E-state index contributed by atoms with van der Waals surface area (Å²) in [6, 6.07) is 0. The highest BCUT2D eigenvalue weighted by atomic mass is 19.1. The van der Waals surface area contributed by atoms with Gasteiger partial charge in [-0.05, 0) is 36.6 Å². The van der Waals surface area contributed by atoms with Crippen LogP contribution in [-0.4, -0.2) is 24.7 Å². The molecule has 0 radical (unpaired) electrons. The zero-order valence-corrected chi connectivity index (χ0v) is 11.6. The van der Waals surface area contributed by atoms with Gasteiger partial charge in [0.15, 0.2) is 5.78 Å². The van der Waals surface area contributed by atoms with Crippen molar-refractivity contribution in [2.45, 2.75) is 26.4 Å². The predicted octanol–water partition coefficient (Wildman–Crippen LogP) is 3.67. The molecule has 0 N–H and O–H groups in total. The summed E-state index contributed by atoms with van der Waals surface area (Å²) in [5.41, 5.74) is 2.05. The second kappa shape index (κ2) is 6.07. The van der Waals surface area contributed by atoms with Crippen molar-refractivity contribution < 1.29 is 13.6 Å². The van der Waals surface area contributed by atoms with E-state index >= 15 is 0 Å². The van der Waals surface area contributed by atoms with E-state index in [-0.39, 0.29) is 12.3 Å². The lowest BCUT2D eigenvalue weighted by atomic mass is 9.85. The summed E-state index contributed by atoms with van der Waals surface area (Å²) in [4.78, 5) is 16.0. The van der Waals surface area contributed by atoms with Gasteiger partial charge >= 0.3 is 0 Å². The molecule has 1 aliphatic carbocycles.